The normalized spacial score (nSPS) is 11.1. The Morgan fingerprint density at radius 3 is 2.23 bits per heavy atom. The van der Waals surface area contributed by atoms with Crippen LogP contribution in [-0.2, 0) is 4.79 Å². The molecule has 0 unspecified atom stereocenters. The highest BCUT2D eigenvalue weighted by atomic mass is 79.9. The van der Waals surface area contributed by atoms with E-state index in [2.05, 4.69) is 36.8 Å². The number of fused-ring (bicyclic) bond motifs is 1. The summed E-state index contributed by atoms with van der Waals surface area (Å²) in [6.07, 6.45) is 2.89. The zero-order valence-corrected chi connectivity index (χ0v) is 18.6. The zero-order valence-electron chi connectivity index (χ0n) is 15.5. The lowest BCUT2D eigenvalue weighted by Gasteiger charge is -2.12. The summed E-state index contributed by atoms with van der Waals surface area (Å²) in [4.78, 5) is 35.5. The molecule has 7 heteroatoms. The molecular weight excluding hydrogens is 512 g/mol. The summed E-state index contributed by atoms with van der Waals surface area (Å²) in [5, 5.41) is 0.364. The maximum absolute atomic E-state index is 13.0. The third-order valence-corrected chi connectivity index (χ3v) is 5.36. The van der Waals surface area contributed by atoms with E-state index in [1.807, 2.05) is 36.4 Å². The summed E-state index contributed by atoms with van der Waals surface area (Å²) in [6.45, 7) is 0. The third kappa shape index (κ3) is 4.42. The number of nitrogens with zero attached hydrogens (tertiary/aromatic N) is 2. The number of hydrogen-bond acceptors (Lipinski definition) is 4. The summed E-state index contributed by atoms with van der Waals surface area (Å²) in [5.41, 5.74) is 1.54. The molecule has 0 radical (unpaired) electrons. The van der Waals surface area contributed by atoms with Crippen molar-refractivity contribution in [3.05, 3.63) is 104 Å². The van der Waals surface area contributed by atoms with Gasteiger partial charge in [0.25, 0.3) is 5.56 Å². The smallest absolute Gasteiger partial charge is 0.327 e. The summed E-state index contributed by atoms with van der Waals surface area (Å²) in [5.74, 6) is -0.438. The average Bonchev–Trinajstić information content (AvgIpc) is 2.76. The number of aromatic nitrogens is 2. The fourth-order valence-electron chi connectivity index (χ4n) is 2.84. The van der Waals surface area contributed by atoms with Gasteiger partial charge >= 0.3 is 5.97 Å². The topological polar surface area (TPSA) is 61.2 Å². The molecule has 4 rings (SSSR count). The number of hydrogen-bond donors (Lipinski definition) is 0. The van der Waals surface area contributed by atoms with Crippen LogP contribution >= 0.6 is 31.9 Å². The molecule has 0 atom stereocenters. The summed E-state index contributed by atoms with van der Waals surface area (Å²) in [6, 6.07) is 21.6. The summed E-state index contributed by atoms with van der Waals surface area (Å²) in [7, 11) is 0. The van der Waals surface area contributed by atoms with Crippen molar-refractivity contribution in [2.45, 2.75) is 0 Å². The molecule has 0 aliphatic carbocycles. The molecule has 3 aromatic carbocycles. The van der Waals surface area contributed by atoms with E-state index in [-0.39, 0.29) is 5.82 Å². The van der Waals surface area contributed by atoms with Crippen molar-refractivity contribution in [3.8, 4) is 11.4 Å². The lowest BCUT2D eigenvalue weighted by atomic mass is 10.2. The molecule has 1 aromatic heterocycles. The molecule has 0 spiro atoms. The average molecular weight is 526 g/mol. The summed E-state index contributed by atoms with van der Waals surface area (Å²) < 4.78 is 2.77. The zero-order chi connectivity index (χ0) is 21.1. The van der Waals surface area contributed by atoms with Gasteiger partial charge in [-0.1, -0.05) is 68.3 Å². The second kappa shape index (κ2) is 8.77. The Kier molecular flexibility index (Phi) is 5.92. The largest absolute Gasteiger partial charge is 0.356 e. The minimum Gasteiger partial charge on any atom is -0.327 e. The van der Waals surface area contributed by atoms with Gasteiger partial charge in [0.05, 0.1) is 10.9 Å². The molecule has 148 valence electrons. The number of rotatable bonds is 4. The Labute approximate surface area is 188 Å². The van der Waals surface area contributed by atoms with E-state index in [0.717, 1.165) is 19.2 Å². The Balaban J connectivity index is 1.74. The van der Waals surface area contributed by atoms with Crippen LogP contribution < -0.4 is 10.4 Å². The number of benzene rings is 3. The highest BCUT2D eigenvalue weighted by Crippen LogP contribution is 2.21. The Morgan fingerprint density at radius 1 is 0.900 bits per heavy atom. The first-order valence-corrected chi connectivity index (χ1v) is 10.5. The van der Waals surface area contributed by atoms with Crippen LogP contribution in [0.4, 0.5) is 0 Å². The van der Waals surface area contributed by atoms with Crippen molar-refractivity contribution in [2.24, 2.45) is 0 Å². The quantitative estimate of drug-likeness (QED) is 0.341. The van der Waals surface area contributed by atoms with Crippen LogP contribution in [-0.4, -0.2) is 15.7 Å². The van der Waals surface area contributed by atoms with Gasteiger partial charge in [0, 0.05) is 20.6 Å². The van der Waals surface area contributed by atoms with E-state index in [1.165, 1.54) is 6.08 Å². The minimum absolute atomic E-state index is 0.247. The fourth-order valence-corrected chi connectivity index (χ4v) is 3.37. The van der Waals surface area contributed by atoms with Crippen LogP contribution in [0.1, 0.15) is 5.56 Å². The van der Waals surface area contributed by atoms with Gasteiger partial charge in [0.1, 0.15) is 0 Å². The lowest BCUT2D eigenvalue weighted by Crippen LogP contribution is -2.32. The molecule has 5 nitrogen and oxygen atoms in total. The standard InChI is InChI=1S/C23H14Br2N2O3/c24-17-10-5-15(6-11-17)7-14-21(28)30-27-22(16-8-12-18(25)13-9-16)26-20-4-2-1-3-19(20)23(27)29/h1-14H. The maximum atomic E-state index is 13.0. The number of carbonyl (C=O) groups excluding carboxylic acids is 1. The first-order chi connectivity index (χ1) is 14.5. The lowest BCUT2D eigenvalue weighted by molar-refractivity contribution is -0.138. The van der Waals surface area contributed by atoms with Gasteiger partial charge in [-0.25, -0.2) is 9.78 Å². The fraction of sp³-hybridized carbons (Fsp3) is 0. The van der Waals surface area contributed by atoms with Gasteiger partial charge in [0.2, 0.25) is 0 Å². The molecule has 0 N–H and O–H groups in total. The molecule has 0 saturated heterocycles. The molecule has 0 fully saturated rings. The van der Waals surface area contributed by atoms with Crippen LogP contribution in [0.2, 0.25) is 0 Å². The van der Waals surface area contributed by atoms with Crippen molar-refractivity contribution >= 4 is 54.8 Å². The maximum Gasteiger partial charge on any atom is 0.356 e. The predicted molar refractivity (Wildman–Crippen MR) is 124 cm³/mol. The van der Waals surface area contributed by atoms with Gasteiger partial charge in [-0.15, -0.1) is 4.73 Å². The molecule has 0 amide bonds. The number of carbonyl (C=O) groups is 1. The van der Waals surface area contributed by atoms with Crippen molar-refractivity contribution in [3.63, 3.8) is 0 Å². The number of halogens is 2. The SMILES string of the molecule is O=C(C=Cc1ccc(Br)cc1)On1c(-c2ccc(Br)cc2)nc2ccccc2c1=O. The molecule has 0 bridgehead atoms. The Hall–Kier alpha value is -3.03. The van der Waals surface area contributed by atoms with Gasteiger partial charge in [0.15, 0.2) is 5.82 Å². The van der Waals surface area contributed by atoms with Crippen molar-refractivity contribution in [1.82, 2.24) is 9.71 Å². The highest BCUT2D eigenvalue weighted by Gasteiger charge is 2.16. The Morgan fingerprint density at radius 2 is 1.53 bits per heavy atom. The first-order valence-electron chi connectivity index (χ1n) is 8.95. The van der Waals surface area contributed by atoms with Crippen molar-refractivity contribution < 1.29 is 9.63 Å². The second-order valence-electron chi connectivity index (χ2n) is 6.35. The van der Waals surface area contributed by atoms with Crippen molar-refractivity contribution in [2.75, 3.05) is 0 Å². The monoisotopic (exact) mass is 524 g/mol. The molecule has 4 aromatic rings. The molecule has 0 saturated carbocycles. The Bertz CT molecular complexity index is 1310. The third-order valence-electron chi connectivity index (χ3n) is 4.30. The predicted octanol–water partition coefficient (Wildman–Crippen LogP) is 5.26. The van der Waals surface area contributed by atoms with E-state index in [1.54, 1.807) is 42.5 Å². The molecule has 0 aliphatic rings. The molecule has 1 heterocycles. The molecule has 30 heavy (non-hydrogen) atoms. The molecular formula is C23H14Br2N2O3. The van der Waals surface area contributed by atoms with Crippen LogP contribution in [0, 0.1) is 0 Å². The van der Waals surface area contributed by atoms with Crippen LogP contribution in [0.15, 0.2) is 92.6 Å². The van der Waals surface area contributed by atoms with Crippen LogP contribution in [0.25, 0.3) is 28.4 Å². The van der Waals surface area contributed by atoms with Crippen molar-refractivity contribution in [1.29, 1.82) is 0 Å². The van der Waals surface area contributed by atoms with Gasteiger partial charge in [-0.3, -0.25) is 4.79 Å². The van der Waals surface area contributed by atoms with E-state index < -0.39 is 11.5 Å². The number of para-hydroxylation sites is 1. The van der Waals surface area contributed by atoms with Gasteiger partial charge in [-0.2, -0.15) is 0 Å². The van der Waals surface area contributed by atoms with E-state index in [0.29, 0.717) is 16.5 Å². The van der Waals surface area contributed by atoms with Gasteiger partial charge < -0.3 is 4.84 Å². The first kappa shape index (κ1) is 20.3. The van der Waals surface area contributed by atoms with Crippen LogP contribution in [0.5, 0.6) is 0 Å². The van der Waals surface area contributed by atoms with Crippen LogP contribution in [0.3, 0.4) is 0 Å². The minimum atomic E-state index is -0.685. The van der Waals surface area contributed by atoms with E-state index in [9.17, 15) is 9.59 Å². The molecule has 0 aliphatic heterocycles. The summed E-state index contributed by atoms with van der Waals surface area (Å²) >= 11 is 6.76. The van der Waals surface area contributed by atoms with E-state index >= 15 is 0 Å². The highest BCUT2D eigenvalue weighted by molar-refractivity contribution is 9.10. The van der Waals surface area contributed by atoms with E-state index in [4.69, 9.17) is 4.84 Å². The van der Waals surface area contributed by atoms with Gasteiger partial charge in [-0.05, 0) is 48.0 Å². The second-order valence-corrected chi connectivity index (χ2v) is 8.19.